The third-order valence-electron chi connectivity index (χ3n) is 0.970. The molecule has 0 spiro atoms. The van der Waals surface area contributed by atoms with Gasteiger partial charge in [-0.05, 0) is 6.92 Å². The van der Waals surface area contributed by atoms with Crippen LogP contribution >= 0.6 is 0 Å². The van der Waals surface area contributed by atoms with Gasteiger partial charge in [-0.2, -0.15) is 4.99 Å². The Labute approximate surface area is 51.5 Å². The summed E-state index contributed by atoms with van der Waals surface area (Å²) < 4.78 is 4.54. The van der Waals surface area contributed by atoms with Gasteiger partial charge in [-0.25, -0.2) is 0 Å². The fourth-order valence-corrected chi connectivity index (χ4v) is 0.539. The lowest BCUT2D eigenvalue weighted by Crippen LogP contribution is -2.24. The van der Waals surface area contributed by atoms with Crippen molar-refractivity contribution in [2.45, 2.75) is 13.0 Å². The zero-order valence-electron chi connectivity index (χ0n) is 4.83. The van der Waals surface area contributed by atoms with Gasteiger partial charge in [0.2, 0.25) is 6.10 Å². The molecule has 0 aromatic carbocycles. The van der Waals surface area contributed by atoms with Gasteiger partial charge in [-0.15, -0.1) is 0 Å². The van der Waals surface area contributed by atoms with Crippen molar-refractivity contribution in [1.82, 2.24) is 0 Å². The van der Waals surface area contributed by atoms with Gasteiger partial charge in [0.1, 0.15) is 0 Å². The Kier molecular flexibility index (Phi) is 1.30. The summed E-state index contributed by atoms with van der Waals surface area (Å²) in [5, 5.41) is 0. The molecule has 1 heterocycles. The molecule has 1 rings (SSSR count). The highest BCUT2D eigenvalue weighted by molar-refractivity contribution is 6.08. The Morgan fingerprint density at radius 2 is 2.56 bits per heavy atom. The van der Waals surface area contributed by atoms with E-state index in [1.165, 1.54) is 6.92 Å². The van der Waals surface area contributed by atoms with Gasteiger partial charge >= 0.3 is 0 Å². The average molecular weight is 127 g/mol. The molecule has 4 nitrogen and oxygen atoms in total. The standard InChI is InChI=1S/C5H5NO3/c1-3(7)4-5(8)6-2-9-4/h2,4H,1H3. The molecule has 0 aromatic heterocycles. The molecule has 1 atom stereocenters. The summed E-state index contributed by atoms with van der Waals surface area (Å²) in [6.45, 7) is 1.29. The van der Waals surface area contributed by atoms with Crippen LogP contribution < -0.4 is 0 Å². The third-order valence-corrected chi connectivity index (χ3v) is 0.970. The molecule has 4 heteroatoms. The smallest absolute Gasteiger partial charge is 0.297 e. The molecule has 0 aliphatic carbocycles. The molecule has 1 aliphatic rings. The van der Waals surface area contributed by atoms with Gasteiger partial charge < -0.3 is 4.74 Å². The van der Waals surface area contributed by atoms with E-state index in [9.17, 15) is 9.59 Å². The van der Waals surface area contributed by atoms with Gasteiger partial charge in [0.15, 0.2) is 12.2 Å². The van der Waals surface area contributed by atoms with Gasteiger partial charge in [-0.3, -0.25) is 9.59 Å². The number of hydrogen-bond donors (Lipinski definition) is 0. The highest BCUT2D eigenvalue weighted by Gasteiger charge is 2.27. The number of ketones is 1. The van der Waals surface area contributed by atoms with E-state index < -0.39 is 12.0 Å². The quantitative estimate of drug-likeness (QED) is 0.447. The molecule has 48 valence electrons. The molecule has 0 radical (unpaired) electrons. The van der Waals surface area contributed by atoms with Crippen molar-refractivity contribution in [3.05, 3.63) is 0 Å². The number of aliphatic imine (C=N–C) groups is 1. The summed E-state index contributed by atoms with van der Waals surface area (Å²) in [4.78, 5) is 24.1. The number of nitrogens with zero attached hydrogens (tertiary/aromatic N) is 1. The second kappa shape index (κ2) is 1.97. The Bertz CT molecular complexity index is 185. The number of carbonyl (C=O) groups is 2. The lowest BCUT2D eigenvalue weighted by Gasteiger charge is -1.98. The van der Waals surface area contributed by atoms with Crippen molar-refractivity contribution in [2.75, 3.05) is 0 Å². The third kappa shape index (κ3) is 0.960. The average Bonchev–Trinajstić information content (AvgIpc) is 2.13. The highest BCUT2D eigenvalue weighted by Crippen LogP contribution is 2.00. The van der Waals surface area contributed by atoms with Gasteiger partial charge in [-0.1, -0.05) is 0 Å². The molecule has 1 aliphatic heterocycles. The van der Waals surface area contributed by atoms with E-state index in [2.05, 4.69) is 9.73 Å². The minimum Gasteiger partial charge on any atom is -0.462 e. The molecule has 9 heavy (non-hydrogen) atoms. The first kappa shape index (κ1) is 5.94. The van der Waals surface area contributed by atoms with Crippen LogP contribution in [0.3, 0.4) is 0 Å². The van der Waals surface area contributed by atoms with Crippen molar-refractivity contribution in [3.8, 4) is 0 Å². The Morgan fingerprint density at radius 1 is 1.89 bits per heavy atom. The summed E-state index contributed by atoms with van der Waals surface area (Å²) in [5.74, 6) is -0.819. The summed E-state index contributed by atoms with van der Waals surface area (Å²) >= 11 is 0. The van der Waals surface area contributed by atoms with Crippen LogP contribution in [0.5, 0.6) is 0 Å². The predicted octanol–water partition coefficient (Wildman–Crippen LogP) is -0.471. The minimum absolute atomic E-state index is 0.308. The lowest BCUT2D eigenvalue weighted by molar-refractivity contribution is -0.133. The topological polar surface area (TPSA) is 55.7 Å². The molecule has 0 bridgehead atoms. The van der Waals surface area contributed by atoms with Crippen LogP contribution in [0.4, 0.5) is 0 Å². The largest absolute Gasteiger partial charge is 0.462 e. The Balaban J connectivity index is 2.66. The van der Waals surface area contributed by atoms with Crippen LogP contribution in [-0.2, 0) is 14.3 Å². The first-order valence-electron chi connectivity index (χ1n) is 2.44. The van der Waals surface area contributed by atoms with Gasteiger partial charge in [0.25, 0.3) is 5.91 Å². The summed E-state index contributed by atoms with van der Waals surface area (Å²) in [5.41, 5.74) is 0. The van der Waals surface area contributed by atoms with Crippen molar-refractivity contribution < 1.29 is 14.3 Å². The van der Waals surface area contributed by atoms with E-state index in [1.807, 2.05) is 0 Å². The number of ether oxygens (including phenoxy) is 1. The first-order chi connectivity index (χ1) is 4.22. The van der Waals surface area contributed by atoms with Crippen molar-refractivity contribution in [3.63, 3.8) is 0 Å². The van der Waals surface area contributed by atoms with Gasteiger partial charge in [0, 0.05) is 0 Å². The second-order valence-electron chi connectivity index (χ2n) is 1.70. The molecule has 0 fully saturated rings. The normalized spacial score (nSPS) is 24.1. The van der Waals surface area contributed by atoms with Crippen LogP contribution in [0, 0.1) is 0 Å². The summed E-state index contributed by atoms with van der Waals surface area (Å²) in [6, 6.07) is 0. The molecule has 0 saturated heterocycles. The van der Waals surface area contributed by atoms with Gasteiger partial charge in [0.05, 0.1) is 0 Å². The number of hydrogen-bond acceptors (Lipinski definition) is 3. The van der Waals surface area contributed by atoms with E-state index in [0.717, 1.165) is 6.40 Å². The number of rotatable bonds is 1. The van der Waals surface area contributed by atoms with E-state index in [0.29, 0.717) is 0 Å². The molecule has 0 saturated carbocycles. The maximum atomic E-state index is 10.5. The van der Waals surface area contributed by atoms with Crippen LogP contribution in [0.2, 0.25) is 0 Å². The fraction of sp³-hybridized carbons (Fsp3) is 0.400. The van der Waals surface area contributed by atoms with E-state index in [1.54, 1.807) is 0 Å². The van der Waals surface area contributed by atoms with Crippen LogP contribution in [-0.4, -0.2) is 24.2 Å². The number of amides is 1. The number of carbonyl (C=O) groups excluding carboxylic acids is 2. The molecule has 0 aromatic rings. The highest BCUT2D eigenvalue weighted by atomic mass is 16.5. The zero-order chi connectivity index (χ0) is 6.85. The van der Waals surface area contributed by atoms with E-state index >= 15 is 0 Å². The molecule has 1 amide bonds. The Morgan fingerprint density at radius 3 is 2.78 bits per heavy atom. The molecule has 1 unspecified atom stereocenters. The minimum atomic E-state index is -0.968. The maximum Gasteiger partial charge on any atom is 0.297 e. The fourth-order valence-electron chi connectivity index (χ4n) is 0.539. The Hall–Kier alpha value is -1.19. The SMILES string of the molecule is CC(=O)C1OC=NC1=O. The first-order valence-corrected chi connectivity index (χ1v) is 2.44. The van der Waals surface area contributed by atoms with Crippen molar-refractivity contribution in [1.29, 1.82) is 0 Å². The van der Waals surface area contributed by atoms with Crippen LogP contribution in [0.15, 0.2) is 4.99 Å². The van der Waals surface area contributed by atoms with Crippen LogP contribution in [0.1, 0.15) is 6.92 Å². The van der Waals surface area contributed by atoms with Crippen LogP contribution in [0.25, 0.3) is 0 Å². The van der Waals surface area contributed by atoms with Crippen molar-refractivity contribution in [2.24, 2.45) is 4.99 Å². The molecular weight excluding hydrogens is 122 g/mol. The van der Waals surface area contributed by atoms with E-state index in [4.69, 9.17) is 0 Å². The summed E-state index contributed by atoms with van der Waals surface area (Å²) in [7, 11) is 0. The zero-order valence-corrected chi connectivity index (χ0v) is 4.83. The lowest BCUT2D eigenvalue weighted by atomic mass is 10.2. The maximum absolute atomic E-state index is 10.5. The molecular formula is C5H5NO3. The summed E-state index contributed by atoms with van der Waals surface area (Å²) in [6.07, 6.45) is 0.0269. The van der Waals surface area contributed by atoms with E-state index in [-0.39, 0.29) is 5.78 Å². The predicted molar refractivity (Wildman–Crippen MR) is 29.1 cm³/mol. The number of Topliss-reactive ketones (excluding diaryl/α,β-unsaturated/α-hetero) is 1. The molecule has 0 N–H and O–H groups in total. The second-order valence-corrected chi connectivity index (χ2v) is 1.70. The van der Waals surface area contributed by atoms with Crippen molar-refractivity contribution >= 4 is 18.1 Å². The monoisotopic (exact) mass is 127 g/mol.